The van der Waals surface area contributed by atoms with Crippen molar-refractivity contribution in [2.75, 3.05) is 6.61 Å². The zero-order valence-corrected chi connectivity index (χ0v) is 15.7. The minimum Gasteiger partial charge on any atom is -0.378 e. The third-order valence-electron chi connectivity index (χ3n) is 6.11. The number of carbonyl (C=O) groups is 1. The fourth-order valence-electron chi connectivity index (χ4n) is 4.46. The number of alkyl halides is 3. The summed E-state index contributed by atoms with van der Waals surface area (Å²) in [5.41, 5.74) is -1.96. The molecule has 2 aliphatic rings. The quantitative estimate of drug-likeness (QED) is 0.473. The number of ketones is 1. The van der Waals surface area contributed by atoms with Crippen LogP contribution < -0.4 is 0 Å². The molecule has 1 aromatic carbocycles. The number of ether oxygens (including phenoxy) is 1. The highest BCUT2D eigenvalue weighted by Crippen LogP contribution is 2.39. The van der Waals surface area contributed by atoms with Gasteiger partial charge in [0.2, 0.25) is 0 Å². The van der Waals surface area contributed by atoms with Crippen LogP contribution in [-0.2, 0) is 10.9 Å². The molecule has 0 radical (unpaired) electrons. The molecule has 1 unspecified atom stereocenters. The topological polar surface area (TPSA) is 26.3 Å². The fraction of sp³-hybridized carbons (Fsp3) is 0.667. The lowest BCUT2D eigenvalue weighted by atomic mass is 9.75. The van der Waals surface area contributed by atoms with Crippen molar-refractivity contribution in [3.63, 3.8) is 0 Å². The lowest BCUT2D eigenvalue weighted by molar-refractivity contribution is -0.140. The minimum atomic E-state index is -4.81. The summed E-state index contributed by atoms with van der Waals surface area (Å²) < 4.78 is 59.7. The molecule has 3 rings (SSSR count). The first-order valence-corrected chi connectivity index (χ1v) is 9.70. The molecule has 6 heteroatoms. The van der Waals surface area contributed by atoms with E-state index in [-0.39, 0.29) is 11.7 Å². The second-order valence-electron chi connectivity index (χ2n) is 8.15. The molecule has 150 valence electrons. The Morgan fingerprint density at radius 3 is 2.30 bits per heavy atom. The van der Waals surface area contributed by atoms with Gasteiger partial charge in [0, 0.05) is 12.5 Å². The maximum atomic E-state index is 14.5. The molecule has 2 fully saturated rings. The molecule has 1 heterocycles. The van der Waals surface area contributed by atoms with Gasteiger partial charge < -0.3 is 4.74 Å². The Hall–Kier alpha value is -1.43. The van der Waals surface area contributed by atoms with Gasteiger partial charge in [0.05, 0.1) is 17.2 Å². The van der Waals surface area contributed by atoms with Crippen molar-refractivity contribution in [1.29, 1.82) is 0 Å². The molecule has 0 amide bonds. The third kappa shape index (κ3) is 4.36. The van der Waals surface area contributed by atoms with E-state index < -0.39 is 34.8 Å². The van der Waals surface area contributed by atoms with Gasteiger partial charge in [-0.3, -0.25) is 4.79 Å². The summed E-state index contributed by atoms with van der Waals surface area (Å²) >= 11 is 0. The maximum absolute atomic E-state index is 14.5. The van der Waals surface area contributed by atoms with Gasteiger partial charge in [-0.2, -0.15) is 13.2 Å². The Bertz CT molecular complexity index is 682. The molecule has 1 saturated carbocycles. The van der Waals surface area contributed by atoms with Crippen molar-refractivity contribution in [2.45, 2.75) is 64.7 Å². The van der Waals surface area contributed by atoms with Crippen LogP contribution >= 0.6 is 0 Å². The van der Waals surface area contributed by atoms with E-state index in [0.29, 0.717) is 24.7 Å². The molecule has 2 atom stereocenters. The Morgan fingerprint density at radius 2 is 1.74 bits per heavy atom. The van der Waals surface area contributed by atoms with Gasteiger partial charge in [-0.25, -0.2) is 4.39 Å². The second kappa shape index (κ2) is 7.90. The highest BCUT2D eigenvalue weighted by Gasteiger charge is 2.39. The predicted molar refractivity (Wildman–Crippen MR) is 94.1 cm³/mol. The van der Waals surface area contributed by atoms with E-state index in [2.05, 4.69) is 6.92 Å². The summed E-state index contributed by atoms with van der Waals surface area (Å²) in [6, 6.07) is 2.38. The molecule has 0 N–H and O–H groups in total. The summed E-state index contributed by atoms with van der Waals surface area (Å²) in [5.74, 6) is -1.39. The van der Waals surface area contributed by atoms with Crippen molar-refractivity contribution < 1.29 is 27.1 Å². The van der Waals surface area contributed by atoms with Gasteiger partial charge >= 0.3 is 6.18 Å². The standard InChI is InChI=1S/C21H26F4O2/c1-12-3-10-17(27-11-12)14-5-7-15(8-6-14)20(26)16-9-4-13(2)18(19(16)22)21(23,24)25/h4,9,12,14-15,17H,3,5-8,10-11H2,1-2H3/t12?,14?,15?,17-/m0/s1. The zero-order valence-electron chi connectivity index (χ0n) is 15.7. The average Bonchev–Trinajstić information content (AvgIpc) is 2.61. The van der Waals surface area contributed by atoms with Gasteiger partial charge in [0.25, 0.3) is 0 Å². The number of hydrogen-bond acceptors (Lipinski definition) is 2. The molecule has 1 aromatic rings. The van der Waals surface area contributed by atoms with Crippen molar-refractivity contribution in [3.8, 4) is 0 Å². The van der Waals surface area contributed by atoms with Crippen molar-refractivity contribution in [1.82, 2.24) is 0 Å². The zero-order chi connectivity index (χ0) is 19.8. The fourth-order valence-corrected chi connectivity index (χ4v) is 4.46. The van der Waals surface area contributed by atoms with Gasteiger partial charge in [0.15, 0.2) is 5.78 Å². The first-order chi connectivity index (χ1) is 12.7. The van der Waals surface area contributed by atoms with Crippen LogP contribution in [0.2, 0.25) is 0 Å². The van der Waals surface area contributed by atoms with Crippen molar-refractivity contribution in [3.05, 3.63) is 34.6 Å². The lowest BCUT2D eigenvalue weighted by Crippen LogP contribution is -2.34. The molecule has 1 saturated heterocycles. The van der Waals surface area contributed by atoms with Crippen LogP contribution in [0.5, 0.6) is 0 Å². The van der Waals surface area contributed by atoms with Gasteiger partial charge in [-0.05, 0) is 68.9 Å². The number of halogens is 4. The first-order valence-electron chi connectivity index (χ1n) is 9.70. The van der Waals surface area contributed by atoms with Crippen LogP contribution in [0.25, 0.3) is 0 Å². The Labute approximate surface area is 157 Å². The van der Waals surface area contributed by atoms with Gasteiger partial charge in [-0.1, -0.05) is 13.0 Å². The molecule has 0 aromatic heterocycles. The molecule has 0 spiro atoms. The van der Waals surface area contributed by atoms with E-state index in [4.69, 9.17) is 4.74 Å². The Kier molecular flexibility index (Phi) is 5.94. The maximum Gasteiger partial charge on any atom is 0.419 e. The number of carbonyl (C=O) groups excluding carboxylic acids is 1. The number of Topliss-reactive ketones (excluding diaryl/α,β-unsaturated/α-hetero) is 1. The van der Waals surface area contributed by atoms with E-state index in [1.807, 2.05) is 0 Å². The van der Waals surface area contributed by atoms with E-state index in [9.17, 15) is 22.4 Å². The minimum absolute atomic E-state index is 0.205. The predicted octanol–water partition coefficient (Wildman–Crippen LogP) is 5.96. The van der Waals surface area contributed by atoms with Gasteiger partial charge in [-0.15, -0.1) is 0 Å². The van der Waals surface area contributed by atoms with Crippen LogP contribution in [0.3, 0.4) is 0 Å². The van der Waals surface area contributed by atoms with Crippen LogP contribution in [0, 0.1) is 30.5 Å². The summed E-state index contributed by atoms with van der Waals surface area (Å²) in [6.45, 7) is 4.13. The molecule has 27 heavy (non-hydrogen) atoms. The summed E-state index contributed by atoms with van der Waals surface area (Å²) in [5, 5.41) is 0. The smallest absolute Gasteiger partial charge is 0.378 e. The molecule has 1 aliphatic heterocycles. The van der Waals surface area contributed by atoms with E-state index in [1.165, 1.54) is 19.1 Å². The van der Waals surface area contributed by atoms with Crippen LogP contribution in [0.1, 0.15) is 66.9 Å². The van der Waals surface area contributed by atoms with Gasteiger partial charge in [0.1, 0.15) is 5.82 Å². The normalized spacial score (nSPS) is 29.6. The SMILES string of the molecule is Cc1ccc(C(=O)C2CCC([C@@H]3CCC(C)CO3)CC2)c(F)c1C(F)(F)F. The molecule has 2 nitrogen and oxygen atoms in total. The number of aryl methyl sites for hydroxylation is 1. The van der Waals surface area contributed by atoms with E-state index in [0.717, 1.165) is 32.3 Å². The average molecular weight is 386 g/mol. The summed E-state index contributed by atoms with van der Waals surface area (Å²) in [7, 11) is 0. The monoisotopic (exact) mass is 386 g/mol. The Morgan fingerprint density at radius 1 is 1.07 bits per heavy atom. The number of benzene rings is 1. The molecular weight excluding hydrogens is 360 g/mol. The van der Waals surface area contributed by atoms with E-state index in [1.54, 1.807) is 0 Å². The van der Waals surface area contributed by atoms with Crippen LogP contribution in [0.4, 0.5) is 17.6 Å². The first kappa shape index (κ1) is 20.3. The lowest BCUT2D eigenvalue weighted by Gasteiger charge is -2.36. The Balaban J connectivity index is 1.68. The summed E-state index contributed by atoms with van der Waals surface area (Å²) in [4.78, 5) is 12.7. The number of hydrogen-bond donors (Lipinski definition) is 0. The summed E-state index contributed by atoms with van der Waals surface area (Å²) in [6.07, 6.45) is 0.317. The van der Waals surface area contributed by atoms with Crippen molar-refractivity contribution in [2.24, 2.45) is 17.8 Å². The number of rotatable bonds is 3. The van der Waals surface area contributed by atoms with Crippen molar-refractivity contribution >= 4 is 5.78 Å². The van der Waals surface area contributed by atoms with Crippen LogP contribution in [0.15, 0.2) is 12.1 Å². The highest BCUT2D eigenvalue weighted by molar-refractivity contribution is 5.98. The van der Waals surface area contributed by atoms with E-state index >= 15 is 0 Å². The largest absolute Gasteiger partial charge is 0.419 e. The molecule has 0 bridgehead atoms. The second-order valence-corrected chi connectivity index (χ2v) is 8.15. The molecule has 1 aliphatic carbocycles. The third-order valence-corrected chi connectivity index (χ3v) is 6.11. The van der Waals surface area contributed by atoms with Crippen LogP contribution in [-0.4, -0.2) is 18.5 Å². The highest BCUT2D eigenvalue weighted by atomic mass is 19.4. The molecular formula is C21H26F4O2.